The molecule has 1 fully saturated rings. The Bertz CT molecular complexity index is 971. The van der Waals surface area contributed by atoms with Crippen molar-refractivity contribution in [3.05, 3.63) is 64.7 Å². The Morgan fingerprint density at radius 2 is 2.00 bits per heavy atom. The van der Waals surface area contributed by atoms with Crippen molar-refractivity contribution < 1.29 is 13.7 Å². The number of nitrogens with zero attached hydrogens (tertiary/aromatic N) is 3. The zero-order chi connectivity index (χ0) is 18.3. The summed E-state index contributed by atoms with van der Waals surface area (Å²) in [5.74, 6) is -0.0533. The molecule has 0 radical (unpaired) electrons. The van der Waals surface area contributed by atoms with Gasteiger partial charge in [0.1, 0.15) is 5.82 Å². The van der Waals surface area contributed by atoms with Crippen molar-refractivity contribution in [2.45, 2.75) is 19.3 Å². The van der Waals surface area contributed by atoms with E-state index in [4.69, 9.17) is 16.1 Å². The average molecular weight is 372 g/mol. The molecule has 0 N–H and O–H groups in total. The fourth-order valence-electron chi connectivity index (χ4n) is 3.03. The van der Waals surface area contributed by atoms with E-state index in [0.29, 0.717) is 29.4 Å². The van der Waals surface area contributed by atoms with E-state index >= 15 is 0 Å². The Labute approximate surface area is 154 Å². The summed E-state index contributed by atoms with van der Waals surface area (Å²) in [6, 6.07) is 11.7. The maximum absolute atomic E-state index is 13.5. The number of hydrogen-bond acceptors (Lipinski definition) is 4. The summed E-state index contributed by atoms with van der Waals surface area (Å²) < 4.78 is 18.7. The fourth-order valence-corrected chi connectivity index (χ4v) is 3.22. The van der Waals surface area contributed by atoms with E-state index in [2.05, 4.69) is 10.1 Å². The Kier molecular flexibility index (Phi) is 4.20. The van der Waals surface area contributed by atoms with Crippen molar-refractivity contribution in [2.24, 2.45) is 0 Å². The highest BCUT2D eigenvalue weighted by atomic mass is 35.5. The lowest BCUT2D eigenvalue weighted by molar-refractivity contribution is -0.117. The Morgan fingerprint density at radius 1 is 1.23 bits per heavy atom. The Morgan fingerprint density at radius 3 is 2.77 bits per heavy atom. The second kappa shape index (κ2) is 6.53. The molecule has 1 saturated heterocycles. The normalized spacial score (nSPS) is 17.1. The molecule has 3 aromatic rings. The van der Waals surface area contributed by atoms with Gasteiger partial charge in [0, 0.05) is 24.6 Å². The first kappa shape index (κ1) is 16.7. The minimum absolute atomic E-state index is 0.00833. The minimum atomic E-state index is -0.439. The largest absolute Gasteiger partial charge is 0.334 e. The lowest BCUT2D eigenvalue weighted by atomic mass is 10.1. The number of halogens is 2. The molecule has 0 spiro atoms. The zero-order valence-electron chi connectivity index (χ0n) is 13.9. The highest BCUT2D eigenvalue weighted by Crippen LogP contribution is 2.33. The van der Waals surface area contributed by atoms with Crippen LogP contribution >= 0.6 is 11.6 Å². The van der Waals surface area contributed by atoms with Gasteiger partial charge in [0.25, 0.3) is 5.89 Å². The molecule has 0 saturated carbocycles. The predicted octanol–water partition coefficient (Wildman–Crippen LogP) is 4.36. The molecule has 2 heterocycles. The van der Waals surface area contributed by atoms with Gasteiger partial charge >= 0.3 is 0 Å². The number of aromatic nitrogens is 2. The van der Waals surface area contributed by atoms with Gasteiger partial charge in [-0.3, -0.25) is 4.79 Å². The van der Waals surface area contributed by atoms with Crippen molar-refractivity contribution in [3.63, 3.8) is 0 Å². The number of aryl methyl sites for hydroxylation is 1. The summed E-state index contributed by atoms with van der Waals surface area (Å²) in [7, 11) is 0. The van der Waals surface area contributed by atoms with Crippen LogP contribution in [0.25, 0.3) is 11.5 Å². The van der Waals surface area contributed by atoms with Gasteiger partial charge in [-0.05, 0) is 37.3 Å². The van der Waals surface area contributed by atoms with Crippen LogP contribution in [0.4, 0.5) is 10.1 Å². The van der Waals surface area contributed by atoms with Gasteiger partial charge in [-0.25, -0.2) is 4.39 Å². The van der Waals surface area contributed by atoms with Gasteiger partial charge in [-0.2, -0.15) is 4.98 Å². The van der Waals surface area contributed by atoms with Crippen LogP contribution in [0, 0.1) is 12.7 Å². The standard InChI is InChI=1S/C19H15ClFN3O2/c1-11-2-5-14(6-3-11)24-10-12(8-17(24)25)18-22-19(26-23-18)15-9-13(21)4-7-16(15)20/h2-7,9,12H,8,10H2,1H3. The Hall–Kier alpha value is -2.73. The highest BCUT2D eigenvalue weighted by Gasteiger charge is 2.34. The van der Waals surface area contributed by atoms with Gasteiger partial charge in [0.15, 0.2) is 5.82 Å². The number of anilines is 1. The van der Waals surface area contributed by atoms with Gasteiger partial charge in [-0.15, -0.1) is 0 Å². The summed E-state index contributed by atoms with van der Waals surface area (Å²) in [4.78, 5) is 18.4. The summed E-state index contributed by atoms with van der Waals surface area (Å²) in [5, 5.41) is 4.30. The van der Waals surface area contributed by atoms with Crippen molar-refractivity contribution >= 4 is 23.2 Å². The van der Waals surface area contributed by atoms with E-state index in [1.807, 2.05) is 31.2 Å². The summed E-state index contributed by atoms with van der Waals surface area (Å²) in [6.45, 7) is 2.47. The van der Waals surface area contributed by atoms with Crippen LogP contribution in [0.5, 0.6) is 0 Å². The van der Waals surface area contributed by atoms with E-state index in [0.717, 1.165) is 11.3 Å². The van der Waals surface area contributed by atoms with Crippen LogP contribution in [-0.4, -0.2) is 22.6 Å². The van der Waals surface area contributed by atoms with Gasteiger partial charge in [0.05, 0.1) is 10.6 Å². The molecule has 0 bridgehead atoms. The summed E-state index contributed by atoms with van der Waals surface area (Å²) in [6.07, 6.45) is 0.295. The molecule has 2 aromatic carbocycles. The van der Waals surface area contributed by atoms with Gasteiger partial charge in [-0.1, -0.05) is 34.5 Å². The lowest BCUT2D eigenvalue weighted by Gasteiger charge is -2.16. The van der Waals surface area contributed by atoms with E-state index in [9.17, 15) is 9.18 Å². The molecule has 1 amide bonds. The van der Waals surface area contributed by atoms with Crippen LogP contribution < -0.4 is 4.90 Å². The minimum Gasteiger partial charge on any atom is -0.334 e. The van der Waals surface area contributed by atoms with Crippen molar-refractivity contribution in [2.75, 3.05) is 11.4 Å². The maximum Gasteiger partial charge on any atom is 0.259 e. The molecule has 5 nitrogen and oxygen atoms in total. The molecular weight excluding hydrogens is 357 g/mol. The van der Waals surface area contributed by atoms with E-state index in [1.165, 1.54) is 18.2 Å². The number of rotatable bonds is 3. The summed E-state index contributed by atoms with van der Waals surface area (Å²) in [5.41, 5.74) is 2.32. The molecule has 1 aromatic heterocycles. The monoisotopic (exact) mass is 371 g/mol. The molecule has 1 atom stereocenters. The summed E-state index contributed by atoms with van der Waals surface area (Å²) >= 11 is 6.08. The first-order valence-corrected chi connectivity index (χ1v) is 8.55. The topological polar surface area (TPSA) is 59.2 Å². The number of hydrogen-bond donors (Lipinski definition) is 0. The first-order chi connectivity index (χ1) is 12.5. The third-order valence-electron chi connectivity index (χ3n) is 4.44. The van der Waals surface area contributed by atoms with Crippen LogP contribution in [0.3, 0.4) is 0 Å². The number of benzene rings is 2. The smallest absolute Gasteiger partial charge is 0.259 e. The molecule has 0 aliphatic carbocycles. The molecule has 1 unspecified atom stereocenters. The zero-order valence-corrected chi connectivity index (χ0v) is 14.7. The van der Waals surface area contributed by atoms with Gasteiger partial charge in [0.2, 0.25) is 5.91 Å². The van der Waals surface area contributed by atoms with Crippen molar-refractivity contribution in [3.8, 4) is 11.5 Å². The fraction of sp³-hybridized carbons (Fsp3) is 0.211. The Balaban J connectivity index is 1.58. The predicted molar refractivity (Wildman–Crippen MR) is 95.6 cm³/mol. The third-order valence-corrected chi connectivity index (χ3v) is 4.77. The average Bonchev–Trinajstić information content (AvgIpc) is 3.25. The van der Waals surface area contributed by atoms with Crippen LogP contribution in [-0.2, 0) is 4.79 Å². The molecule has 7 heteroatoms. The first-order valence-electron chi connectivity index (χ1n) is 8.17. The molecule has 1 aliphatic rings. The van der Waals surface area contributed by atoms with Crippen LogP contribution in [0.15, 0.2) is 47.0 Å². The third kappa shape index (κ3) is 3.08. The van der Waals surface area contributed by atoms with Crippen LogP contribution in [0.2, 0.25) is 5.02 Å². The quantitative estimate of drug-likeness (QED) is 0.686. The number of carbonyl (C=O) groups is 1. The lowest BCUT2D eigenvalue weighted by Crippen LogP contribution is -2.24. The van der Waals surface area contributed by atoms with E-state index in [1.54, 1.807) is 4.90 Å². The second-order valence-electron chi connectivity index (χ2n) is 6.32. The van der Waals surface area contributed by atoms with Gasteiger partial charge < -0.3 is 9.42 Å². The molecule has 4 rings (SSSR count). The molecule has 26 heavy (non-hydrogen) atoms. The number of amides is 1. The maximum atomic E-state index is 13.5. The van der Waals surface area contributed by atoms with Crippen molar-refractivity contribution in [1.82, 2.24) is 10.1 Å². The highest BCUT2D eigenvalue weighted by molar-refractivity contribution is 6.33. The molecule has 132 valence electrons. The molecule has 1 aliphatic heterocycles. The number of carbonyl (C=O) groups excluding carboxylic acids is 1. The van der Waals surface area contributed by atoms with E-state index < -0.39 is 5.82 Å². The molecular formula is C19H15ClFN3O2. The van der Waals surface area contributed by atoms with Crippen molar-refractivity contribution in [1.29, 1.82) is 0 Å². The second-order valence-corrected chi connectivity index (χ2v) is 6.73. The SMILES string of the molecule is Cc1ccc(N2CC(c3noc(-c4cc(F)ccc4Cl)n3)CC2=O)cc1. The van der Waals surface area contributed by atoms with Crippen LogP contribution in [0.1, 0.15) is 23.7 Å². The van der Waals surface area contributed by atoms with E-state index in [-0.39, 0.29) is 17.7 Å².